The van der Waals surface area contributed by atoms with Crippen LogP contribution in [-0.2, 0) is 0 Å². The van der Waals surface area contributed by atoms with Gasteiger partial charge in [0.2, 0.25) is 0 Å². The van der Waals surface area contributed by atoms with Crippen LogP contribution in [-0.4, -0.2) is 85.6 Å². The van der Waals surface area contributed by atoms with Crippen LogP contribution in [0.15, 0.2) is 5.29 Å². The monoisotopic (exact) mass is 313 g/mol. The van der Waals surface area contributed by atoms with E-state index in [1.807, 2.05) is 5.32 Å². The summed E-state index contributed by atoms with van der Waals surface area (Å²) in [5.74, 6) is -0.0705. The third kappa shape index (κ3) is 3.34. The first-order valence-electron chi connectivity index (χ1n) is 5.72. The molecular weight excluding hydrogens is 298 g/mol. The lowest BCUT2D eigenvalue weighted by Crippen LogP contribution is -2.68. The van der Waals surface area contributed by atoms with Gasteiger partial charge in [-0.1, -0.05) is 0 Å². The number of nitrogens with one attached hydrogen (secondary N) is 1. The van der Waals surface area contributed by atoms with Crippen molar-refractivity contribution in [3.05, 3.63) is 4.91 Å². The Labute approximate surface area is 118 Å². The fourth-order valence-corrected chi connectivity index (χ4v) is 2.04. The van der Waals surface area contributed by atoms with Crippen LogP contribution in [0.2, 0.25) is 0 Å². The molecule has 6 N–H and O–H groups in total. The summed E-state index contributed by atoms with van der Waals surface area (Å²) in [5.41, 5.74) is 0. The van der Waals surface area contributed by atoms with Gasteiger partial charge in [0.1, 0.15) is 30.5 Å². The first kappa shape index (κ1) is 17.0. The van der Waals surface area contributed by atoms with Crippen LogP contribution in [0.25, 0.3) is 0 Å². The van der Waals surface area contributed by atoms with Gasteiger partial charge in [-0.15, -0.1) is 16.5 Å². The topological polar surface area (TPSA) is 163 Å². The van der Waals surface area contributed by atoms with Gasteiger partial charge in [-0.25, -0.2) is 4.79 Å². The molecule has 116 valence electrons. The molecule has 20 heavy (non-hydrogen) atoms. The Bertz CT molecular complexity index is 344. The molecule has 1 fully saturated rings. The highest BCUT2D eigenvalue weighted by Gasteiger charge is 2.49. The van der Waals surface area contributed by atoms with E-state index in [1.165, 1.54) is 0 Å². The second kappa shape index (κ2) is 7.11. The van der Waals surface area contributed by atoms with Crippen molar-refractivity contribution in [3.8, 4) is 0 Å². The fourth-order valence-electron chi connectivity index (χ4n) is 1.88. The number of nitrogens with zero attached hydrogens (tertiary/aromatic N) is 2. The Morgan fingerprint density at radius 1 is 1.05 bits per heavy atom. The average molecular weight is 314 g/mol. The molecule has 0 aromatic rings. The molecule has 0 saturated heterocycles. The number of aliphatic hydroxyl groups is 5. The van der Waals surface area contributed by atoms with Crippen molar-refractivity contribution in [2.45, 2.75) is 36.6 Å². The number of carbonyl (C=O) groups is 1. The first-order valence-corrected chi connectivity index (χ1v) is 6.26. The van der Waals surface area contributed by atoms with Crippen LogP contribution in [0.3, 0.4) is 0 Å². The Morgan fingerprint density at radius 2 is 1.50 bits per heavy atom. The molecule has 10 nitrogen and oxygen atoms in total. The van der Waals surface area contributed by atoms with E-state index in [9.17, 15) is 35.2 Å². The molecule has 11 heteroatoms. The molecule has 0 radical (unpaired) electrons. The van der Waals surface area contributed by atoms with Gasteiger partial charge in [0.15, 0.2) is 0 Å². The van der Waals surface area contributed by atoms with E-state index in [-0.39, 0.29) is 12.4 Å². The fraction of sp³-hybridized carbons (Fsp3) is 0.889. The van der Waals surface area contributed by atoms with E-state index in [1.54, 1.807) is 0 Å². The maximum Gasteiger partial charge on any atom is 0.340 e. The quantitative estimate of drug-likeness (QED) is 0.184. The summed E-state index contributed by atoms with van der Waals surface area (Å²) >= 11 is 5.35. The standard InChI is InChI=1S/C9H16ClN3O7/c10-1-2-13(12-20)9(19)11-3-4(14)6(16)8(18)7(17)5(3)15/h3-8,14-18H,1-2H2,(H,11,19). The average Bonchev–Trinajstić information content (AvgIpc) is 2.44. The van der Waals surface area contributed by atoms with E-state index in [0.29, 0.717) is 5.01 Å². The summed E-state index contributed by atoms with van der Waals surface area (Å²) in [6.45, 7) is -0.205. The maximum absolute atomic E-state index is 11.6. The van der Waals surface area contributed by atoms with E-state index in [2.05, 4.69) is 5.29 Å². The summed E-state index contributed by atoms with van der Waals surface area (Å²) in [6, 6.07) is -2.56. The van der Waals surface area contributed by atoms with Gasteiger partial charge in [0.25, 0.3) is 0 Å². The van der Waals surface area contributed by atoms with Gasteiger partial charge in [0, 0.05) is 5.88 Å². The minimum Gasteiger partial charge on any atom is -0.388 e. The molecule has 4 atom stereocenters. The molecular formula is C9H16ClN3O7. The van der Waals surface area contributed by atoms with Gasteiger partial charge < -0.3 is 30.8 Å². The largest absolute Gasteiger partial charge is 0.388 e. The van der Waals surface area contributed by atoms with Crippen molar-refractivity contribution in [1.29, 1.82) is 0 Å². The highest BCUT2D eigenvalue weighted by Crippen LogP contribution is 2.21. The minimum atomic E-state index is -1.77. The Morgan fingerprint density at radius 3 is 1.90 bits per heavy atom. The first-order chi connectivity index (χ1) is 9.34. The number of halogens is 1. The molecule has 0 heterocycles. The second-order valence-corrected chi connectivity index (χ2v) is 4.70. The summed E-state index contributed by atoms with van der Waals surface area (Å²) < 4.78 is 0. The predicted molar refractivity (Wildman–Crippen MR) is 65.6 cm³/mol. The van der Waals surface area contributed by atoms with E-state index in [4.69, 9.17) is 11.6 Å². The molecule has 0 aromatic carbocycles. The maximum atomic E-state index is 11.6. The molecule has 2 amide bonds. The zero-order chi connectivity index (χ0) is 15.4. The predicted octanol–water partition coefficient (Wildman–Crippen LogP) is -2.90. The number of amides is 2. The molecule has 0 spiro atoms. The highest BCUT2D eigenvalue weighted by atomic mass is 35.5. The molecule has 0 bridgehead atoms. The number of rotatable bonds is 4. The van der Waals surface area contributed by atoms with Crippen molar-refractivity contribution in [1.82, 2.24) is 10.3 Å². The highest BCUT2D eigenvalue weighted by molar-refractivity contribution is 6.18. The van der Waals surface area contributed by atoms with Crippen LogP contribution in [0.1, 0.15) is 0 Å². The number of carbonyl (C=O) groups excluding carboxylic acids is 1. The summed E-state index contributed by atoms with van der Waals surface area (Å²) in [7, 11) is 0. The molecule has 1 rings (SSSR count). The number of alkyl halides is 1. The van der Waals surface area contributed by atoms with Crippen LogP contribution in [0.5, 0.6) is 0 Å². The van der Waals surface area contributed by atoms with Crippen molar-refractivity contribution < 1.29 is 30.3 Å². The van der Waals surface area contributed by atoms with E-state index >= 15 is 0 Å². The zero-order valence-electron chi connectivity index (χ0n) is 10.2. The summed E-state index contributed by atoms with van der Waals surface area (Å²) in [5, 5.41) is 52.5. The number of urea groups is 1. The lowest BCUT2D eigenvalue weighted by molar-refractivity contribution is -0.188. The number of hydrogen-bond acceptors (Lipinski definition) is 8. The van der Waals surface area contributed by atoms with Crippen LogP contribution in [0, 0.1) is 4.91 Å². The van der Waals surface area contributed by atoms with Crippen molar-refractivity contribution in [2.75, 3.05) is 12.4 Å². The number of hydrogen-bond donors (Lipinski definition) is 6. The van der Waals surface area contributed by atoms with Gasteiger partial charge >= 0.3 is 6.03 Å². The smallest absolute Gasteiger partial charge is 0.340 e. The molecule has 0 aromatic heterocycles. The molecule has 0 aliphatic heterocycles. The third-order valence-corrected chi connectivity index (χ3v) is 3.22. The number of nitroso groups, excluding NO2 is 1. The van der Waals surface area contributed by atoms with Crippen molar-refractivity contribution in [3.63, 3.8) is 0 Å². The molecule has 1 aliphatic rings. The Hall–Kier alpha value is -1.04. The van der Waals surface area contributed by atoms with Gasteiger partial charge in [-0.05, 0) is 0 Å². The molecule has 1 aliphatic carbocycles. The van der Waals surface area contributed by atoms with Crippen LogP contribution < -0.4 is 5.32 Å². The Kier molecular flexibility index (Phi) is 6.05. The lowest BCUT2D eigenvalue weighted by atomic mass is 9.83. The van der Waals surface area contributed by atoms with E-state index < -0.39 is 42.6 Å². The molecule has 1 saturated carbocycles. The van der Waals surface area contributed by atoms with Gasteiger partial charge in [-0.2, -0.15) is 5.01 Å². The van der Waals surface area contributed by atoms with E-state index in [0.717, 1.165) is 0 Å². The number of aliphatic hydroxyl groups excluding tert-OH is 5. The normalized spacial score (nSPS) is 37.3. The minimum absolute atomic E-state index is 0.0705. The summed E-state index contributed by atoms with van der Waals surface area (Å²) in [6.07, 6.45) is -8.79. The summed E-state index contributed by atoms with van der Waals surface area (Å²) in [4.78, 5) is 22.0. The SMILES string of the molecule is O=NN(CCCl)C(=O)NC1C(O)C(O)C(O)C(O)C1O. The second-order valence-electron chi connectivity index (χ2n) is 4.32. The van der Waals surface area contributed by atoms with Crippen molar-refractivity contribution in [2.24, 2.45) is 5.29 Å². The van der Waals surface area contributed by atoms with Gasteiger partial charge in [-0.3, -0.25) is 0 Å². The van der Waals surface area contributed by atoms with Crippen LogP contribution >= 0.6 is 11.6 Å². The zero-order valence-corrected chi connectivity index (χ0v) is 11.0. The van der Waals surface area contributed by atoms with Gasteiger partial charge in [0.05, 0.1) is 17.9 Å². The lowest BCUT2D eigenvalue weighted by Gasteiger charge is -2.42. The Balaban J connectivity index is 2.78. The molecule has 4 unspecified atom stereocenters. The van der Waals surface area contributed by atoms with Crippen molar-refractivity contribution >= 4 is 17.6 Å². The third-order valence-electron chi connectivity index (χ3n) is 3.05. The van der Waals surface area contributed by atoms with Crippen LogP contribution in [0.4, 0.5) is 4.79 Å².